The van der Waals surface area contributed by atoms with Crippen LogP contribution in [0.5, 0.6) is 0 Å². The Morgan fingerprint density at radius 1 is 1.04 bits per heavy atom. The molecule has 0 heterocycles. The van der Waals surface area contributed by atoms with Gasteiger partial charge in [0.15, 0.2) is 0 Å². The van der Waals surface area contributed by atoms with E-state index >= 15 is 0 Å². The number of hydrogen-bond acceptors (Lipinski definition) is 3. The summed E-state index contributed by atoms with van der Waals surface area (Å²) in [4.78, 5) is 22.8. The summed E-state index contributed by atoms with van der Waals surface area (Å²) in [6, 6.07) is 16.6. The van der Waals surface area contributed by atoms with Crippen LogP contribution in [0.25, 0.3) is 0 Å². The van der Waals surface area contributed by atoms with Gasteiger partial charge in [-0.15, -0.1) is 0 Å². The minimum absolute atomic E-state index is 0.0118. The number of carbonyl (C=O) groups is 2. The predicted molar refractivity (Wildman–Crippen MR) is 100.0 cm³/mol. The predicted octanol–water partition coefficient (Wildman–Crippen LogP) is 3.29. The van der Waals surface area contributed by atoms with Crippen LogP contribution in [0.2, 0.25) is 0 Å². The van der Waals surface area contributed by atoms with Gasteiger partial charge in [-0.25, -0.2) is 4.79 Å². The molecular formula is C21H25NO4. The van der Waals surface area contributed by atoms with E-state index < -0.39 is 5.97 Å². The third kappa shape index (κ3) is 7.07. The van der Waals surface area contributed by atoms with Crippen LogP contribution in [0.3, 0.4) is 0 Å². The fraction of sp³-hybridized carbons (Fsp3) is 0.333. The second-order valence-corrected chi connectivity index (χ2v) is 6.41. The maximum Gasteiger partial charge on any atom is 0.335 e. The van der Waals surface area contributed by atoms with Crippen LogP contribution in [-0.4, -0.2) is 30.1 Å². The van der Waals surface area contributed by atoms with Gasteiger partial charge < -0.3 is 15.2 Å². The number of aryl methyl sites for hydroxylation is 1. The first-order valence-electron chi connectivity index (χ1n) is 8.75. The van der Waals surface area contributed by atoms with E-state index in [2.05, 4.69) is 5.32 Å². The van der Waals surface area contributed by atoms with Crippen molar-refractivity contribution < 1.29 is 19.4 Å². The number of ether oxygens (including phenoxy) is 1. The third-order valence-electron chi connectivity index (χ3n) is 4.00. The molecule has 5 nitrogen and oxygen atoms in total. The van der Waals surface area contributed by atoms with Crippen LogP contribution in [0, 0.1) is 5.92 Å². The molecule has 0 bridgehead atoms. The van der Waals surface area contributed by atoms with Crippen molar-refractivity contribution >= 4 is 11.9 Å². The Hall–Kier alpha value is -2.66. The Balaban J connectivity index is 1.61. The van der Waals surface area contributed by atoms with Gasteiger partial charge in [-0.05, 0) is 35.6 Å². The normalized spacial score (nSPS) is 11.7. The fourth-order valence-corrected chi connectivity index (χ4v) is 2.46. The summed E-state index contributed by atoms with van der Waals surface area (Å²) in [7, 11) is 0. The van der Waals surface area contributed by atoms with E-state index in [4.69, 9.17) is 9.84 Å². The molecule has 1 amide bonds. The van der Waals surface area contributed by atoms with Crippen LogP contribution in [0.15, 0.2) is 54.6 Å². The van der Waals surface area contributed by atoms with Gasteiger partial charge in [-0.1, -0.05) is 49.4 Å². The van der Waals surface area contributed by atoms with Crippen molar-refractivity contribution in [1.29, 1.82) is 0 Å². The third-order valence-corrected chi connectivity index (χ3v) is 4.00. The van der Waals surface area contributed by atoms with Gasteiger partial charge >= 0.3 is 5.97 Å². The number of hydrogen-bond donors (Lipinski definition) is 2. The van der Waals surface area contributed by atoms with Gasteiger partial charge in [0, 0.05) is 13.0 Å². The summed E-state index contributed by atoms with van der Waals surface area (Å²) >= 11 is 0. The van der Waals surface area contributed by atoms with E-state index in [0.717, 1.165) is 11.1 Å². The van der Waals surface area contributed by atoms with Gasteiger partial charge in [0.1, 0.15) is 0 Å². The highest BCUT2D eigenvalue weighted by molar-refractivity contribution is 5.87. The number of benzene rings is 2. The zero-order chi connectivity index (χ0) is 18.8. The molecular weight excluding hydrogens is 330 g/mol. The highest BCUT2D eigenvalue weighted by atomic mass is 16.5. The second kappa shape index (κ2) is 10.4. The van der Waals surface area contributed by atoms with Gasteiger partial charge in [-0.2, -0.15) is 0 Å². The van der Waals surface area contributed by atoms with Crippen molar-refractivity contribution in [2.45, 2.75) is 26.4 Å². The molecule has 5 heteroatoms. The minimum Gasteiger partial charge on any atom is -0.478 e. The molecule has 1 unspecified atom stereocenters. The summed E-state index contributed by atoms with van der Waals surface area (Å²) in [6.07, 6.45) is 0.967. The van der Waals surface area contributed by atoms with Crippen molar-refractivity contribution in [2.75, 3.05) is 13.2 Å². The Morgan fingerprint density at radius 3 is 2.38 bits per heavy atom. The quantitative estimate of drug-likeness (QED) is 0.686. The average molecular weight is 355 g/mol. The molecule has 2 rings (SSSR count). The lowest BCUT2D eigenvalue weighted by Gasteiger charge is -2.13. The van der Waals surface area contributed by atoms with Crippen molar-refractivity contribution in [1.82, 2.24) is 5.32 Å². The molecule has 0 aromatic heterocycles. The SMILES string of the molecule is CC(CNC(=O)CCc1ccc(C(=O)O)cc1)COCc1ccccc1. The van der Waals surface area contributed by atoms with Crippen LogP contribution >= 0.6 is 0 Å². The second-order valence-electron chi connectivity index (χ2n) is 6.41. The lowest BCUT2D eigenvalue weighted by Crippen LogP contribution is -2.30. The molecule has 2 aromatic carbocycles. The van der Waals surface area contributed by atoms with Crippen LogP contribution in [-0.2, 0) is 22.6 Å². The maximum atomic E-state index is 11.9. The highest BCUT2D eigenvalue weighted by Crippen LogP contribution is 2.07. The van der Waals surface area contributed by atoms with E-state index in [1.54, 1.807) is 24.3 Å². The van der Waals surface area contributed by atoms with Gasteiger partial charge in [0.05, 0.1) is 18.8 Å². The van der Waals surface area contributed by atoms with Crippen molar-refractivity contribution in [2.24, 2.45) is 5.92 Å². The first-order chi connectivity index (χ1) is 12.5. The lowest BCUT2D eigenvalue weighted by molar-refractivity contribution is -0.121. The molecule has 2 N–H and O–H groups in total. The maximum absolute atomic E-state index is 11.9. The van der Waals surface area contributed by atoms with E-state index in [9.17, 15) is 9.59 Å². The van der Waals surface area contributed by atoms with Crippen LogP contribution < -0.4 is 5.32 Å². The van der Waals surface area contributed by atoms with E-state index in [0.29, 0.717) is 32.6 Å². The molecule has 0 saturated heterocycles. The minimum atomic E-state index is -0.947. The Kier molecular flexibility index (Phi) is 7.83. The fourth-order valence-electron chi connectivity index (χ4n) is 2.46. The van der Waals surface area contributed by atoms with Crippen molar-refractivity contribution in [3.8, 4) is 0 Å². The molecule has 1 atom stereocenters. The summed E-state index contributed by atoms with van der Waals surface area (Å²) in [5.41, 5.74) is 2.34. The van der Waals surface area contributed by atoms with Gasteiger partial charge in [0.2, 0.25) is 5.91 Å². The number of rotatable bonds is 10. The number of amides is 1. The molecule has 0 aliphatic rings. The number of nitrogens with one attached hydrogen (secondary N) is 1. The average Bonchev–Trinajstić information content (AvgIpc) is 2.66. The Labute approximate surface area is 154 Å². The molecule has 0 radical (unpaired) electrons. The Morgan fingerprint density at radius 2 is 1.73 bits per heavy atom. The first kappa shape index (κ1) is 19.7. The number of carboxylic acid groups (broad SMARTS) is 1. The van der Waals surface area contributed by atoms with Crippen LogP contribution in [0.1, 0.15) is 34.8 Å². The monoisotopic (exact) mass is 355 g/mol. The first-order valence-corrected chi connectivity index (χ1v) is 8.75. The van der Waals surface area contributed by atoms with Crippen molar-refractivity contribution in [3.63, 3.8) is 0 Å². The van der Waals surface area contributed by atoms with Crippen LogP contribution in [0.4, 0.5) is 0 Å². The highest BCUT2D eigenvalue weighted by Gasteiger charge is 2.07. The van der Waals surface area contributed by atoms with Gasteiger partial charge in [0.25, 0.3) is 0 Å². The topological polar surface area (TPSA) is 75.6 Å². The zero-order valence-corrected chi connectivity index (χ0v) is 15.0. The lowest BCUT2D eigenvalue weighted by atomic mass is 10.1. The molecule has 0 spiro atoms. The molecule has 0 fully saturated rings. The number of carbonyl (C=O) groups excluding carboxylic acids is 1. The van der Waals surface area contributed by atoms with Crippen molar-refractivity contribution in [3.05, 3.63) is 71.3 Å². The zero-order valence-electron chi connectivity index (χ0n) is 15.0. The number of aromatic carboxylic acids is 1. The largest absolute Gasteiger partial charge is 0.478 e. The molecule has 0 aliphatic heterocycles. The van der Waals surface area contributed by atoms with Gasteiger partial charge in [-0.3, -0.25) is 4.79 Å². The summed E-state index contributed by atoms with van der Waals surface area (Å²) < 4.78 is 5.67. The summed E-state index contributed by atoms with van der Waals surface area (Å²) in [5.74, 6) is -0.725. The van der Waals surface area contributed by atoms with E-state index in [1.165, 1.54) is 0 Å². The number of carboxylic acids is 1. The Bertz CT molecular complexity index is 698. The summed E-state index contributed by atoms with van der Waals surface area (Å²) in [5, 5.41) is 11.8. The molecule has 2 aromatic rings. The molecule has 0 saturated carbocycles. The standard InChI is InChI=1S/C21H25NO4/c1-16(14-26-15-18-5-3-2-4-6-18)13-22-20(23)12-9-17-7-10-19(11-8-17)21(24)25/h2-8,10-11,16H,9,12-15H2,1H3,(H,22,23)(H,24,25). The molecule has 0 aliphatic carbocycles. The van der Waals surface area contributed by atoms with E-state index in [1.807, 2.05) is 37.3 Å². The molecule has 138 valence electrons. The summed E-state index contributed by atoms with van der Waals surface area (Å²) in [6.45, 7) is 3.78. The molecule has 26 heavy (non-hydrogen) atoms. The smallest absolute Gasteiger partial charge is 0.335 e. The van der Waals surface area contributed by atoms with E-state index in [-0.39, 0.29) is 17.4 Å².